The molecular formula is C15H15F2NO3. The monoisotopic (exact) mass is 295 g/mol. The van der Waals surface area contributed by atoms with Crippen molar-refractivity contribution in [1.29, 1.82) is 0 Å². The number of hydrogen-bond donors (Lipinski definition) is 1. The highest BCUT2D eigenvalue weighted by molar-refractivity contribution is 5.95. The molecule has 1 aromatic rings. The average molecular weight is 295 g/mol. The standard InChI is InChI=1S/C15H15F2NO3/c1-9(12-3-2-11(16)7-13(12)17)6-14(19)18-5-4-10(8-18)15(20)21/h2-3,6-7,10H,4-5,8H2,1H3,(H,20,21)/b9-6-. The Morgan fingerprint density at radius 1 is 1.38 bits per heavy atom. The van der Waals surface area contributed by atoms with Crippen LogP contribution in [0.5, 0.6) is 0 Å². The second-order valence-electron chi connectivity index (χ2n) is 5.06. The van der Waals surface area contributed by atoms with Gasteiger partial charge in [-0.2, -0.15) is 0 Å². The molecule has 1 aliphatic rings. The van der Waals surface area contributed by atoms with E-state index in [1.165, 1.54) is 17.0 Å². The van der Waals surface area contributed by atoms with E-state index in [0.29, 0.717) is 18.5 Å². The summed E-state index contributed by atoms with van der Waals surface area (Å²) >= 11 is 0. The first-order valence-electron chi connectivity index (χ1n) is 6.54. The third-order valence-electron chi connectivity index (χ3n) is 3.55. The summed E-state index contributed by atoms with van der Waals surface area (Å²) in [7, 11) is 0. The number of benzene rings is 1. The summed E-state index contributed by atoms with van der Waals surface area (Å²) < 4.78 is 26.5. The zero-order valence-electron chi connectivity index (χ0n) is 11.5. The van der Waals surface area contributed by atoms with Gasteiger partial charge in [0, 0.05) is 30.8 Å². The Kier molecular flexibility index (Phi) is 4.35. The fraction of sp³-hybridized carbons (Fsp3) is 0.333. The SMILES string of the molecule is C/C(=C/C(=O)N1CCC(C(=O)O)C1)c1ccc(F)cc1F. The lowest BCUT2D eigenvalue weighted by Crippen LogP contribution is -2.28. The van der Waals surface area contributed by atoms with E-state index >= 15 is 0 Å². The van der Waals surface area contributed by atoms with E-state index in [0.717, 1.165) is 12.1 Å². The summed E-state index contributed by atoms with van der Waals surface area (Å²) in [5.41, 5.74) is 0.523. The largest absolute Gasteiger partial charge is 0.481 e. The predicted molar refractivity (Wildman–Crippen MR) is 72.3 cm³/mol. The maximum absolute atomic E-state index is 13.6. The molecule has 0 saturated carbocycles. The van der Waals surface area contributed by atoms with Gasteiger partial charge in [0.1, 0.15) is 11.6 Å². The van der Waals surface area contributed by atoms with Crippen molar-refractivity contribution in [3.8, 4) is 0 Å². The fourth-order valence-electron chi connectivity index (χ4n) is 2.33. The minimum absolute atomic E-state index is 0.152. The fourth-order valence-corrected chi connectivity index (χ4v) is 2.33. The molecule has 1 fully saturated rings. The Balaban J connectivity index is 2.12. The van der Waals surface area contributed by atoms with Crippen LogP contribution in [-0.2, 0) is 9.59 Å². The van der Waals surface area contributed by atoms with Crippen LogP contribution in [0.15, 0.2) is 24.3 Å². The van der Waals surface area contributed by atoms with E-state index in [9.17, 15) is 18.4 Å². The number of carboxylic acid groups (broad SMARTS) is 1. The van der Waals surface area contributed by atoms with Gasteiger partial charge in [0.2, 0.25) is 5.91 Å². The van der Waals surface area contributed by atoms with Gasteiger partial charge in [0.15, 0.2) is 0 Å². The lowest BCUT2D eigenvalue weighted by atomic mass is 10.1. The van der Waals surface area contributed by atoms with Gasteiger partial charge in [-0.15, -0.1) is 0 Å². The predicted octanol–water partition coefficient (Wildman–Crippen LogP) is 2.30. The number of carboxylic acids is 1. The highest BCUT2D eigenvalue weighted by Crippen LogP contribution is 2.21. The smallest absolute Gasteiger partial charge is 0.308 e. The Morgan fingerprint density at radius 2 is 2.10 bits per heavy atom. The molecule has 0 radical (unpaired) electrons. The normalized spacial score (nSPS) is 18.9. The number of nitrogens with zero attached hydrogens (tertiary/aromatic N) is 1. The highest BCUT2D eigenvalue weighted by Gasteiger charge is 2.30. The molecule has 6 heteroatoms. The number of carbonyl (C=O) groups excluding carboxylic acids is 1. The topological polar surface area (TPSA) is 57.6 Å². The third-order valence-corrected chi connectivity index (χ3v) is 3.55. The summed E-state index contributed by atoms with van der Waals surface area (Å²) in [6.45, 7) is 2.08. The van der Waals surface area contributed by atoms with Crippen molar-refractivity contribution in [2.75, 3.05) is 13.1 Å². The molecule has 1 atom stereocenters. The minimum Gasteiger partial charge on any atom is -0.481 e. The molecule has 1 saturated heterocycles. The number of rotatable bonds is 3. The van der Waals surface area contributed by atoms with Crippen molar-refractivity contribution in [3.05, 3.63) is 41.5 Å². The molecule has 0 spiro atoms. The van der Waals surface area contributed by atoms with Crippen LogP contribution in [0.1, 0.15) is 18.9 Å². The molecule has 21 heavy (non-hydrogen) atoms. The third kappa shape index (κ3) is 3.45. The van der Waals surface area contributed by atoms with Gasteiger partial charge in [-0.1, -0.05) is 0 Å². The minimum atomic E-state index is -0.921. The molecule has 1 amide bonds. The van der Waals surface area contributed by atoms with Gasteiger partial charge in [-0.25, -0.2) is 8.78 Å². The van der Waals surface area contributed by atoms with Gasteiger partial charge in [-0.05, 0) is 31.1 Å². The molecule has 112 valence electrons. The maximum atomic E-state index is 13.6. The molecule has 0 bridgehead atoms. The van der Waals surface area contributed by atoms with Crippen molar-refractivity contribution >= 4 is 17.4 Å². The van der Waals surface area contributed by atoms with Gasteiger partial charge in [0.05, 0.1) is 5.92 Å². The van der Waals surface area contributed by atoms with Crippen LogP contribution in [0.4, 0.5) is 8.78 Å². The summed E-state index contributed by atoms with van der Waals surface area (Å²) in [6.07, 6.45) is 1.67. The maximum Gasteiger partial charge on any atom is 0.308 e. The van der Waals surface area contributed by atoms with Gasteiger partial charge < -0.3 is 10.0 Å². The van der Waals surface area contributed by atoms with Crippen molar-refractivity contribution in [2.45, 2.75) is 13.3 Å². The van der Waals surface area contributed by atoms with Crippen LogP contribution in [0.3, 0.4) is 0 Å². The second kappa shape index (κ2) is 6.03. The molecule has 0 aromatic heterocycles. The Morgan fingerprint density at radius 3 is 2.67 bits per heavy atom. The quantitative estimate of drug-likeness (QED) is 0.871. The number of carbonyl (C=O) groups is 2. The first kappa shape index (κ1) is 15.2. The van der Waals surface area contributed by atoms with Crippen LogP contribution in [-0.4, -0.2) is 35.0 Å². The van der Waals surface area contributed by atoms with E-state index in [1.54, 1.807) is 6.92 Å². The van der Waals surface area contributed by atoms with Gasteiger partial charge >= 0.3 is 5.97 Å². The average Bonchev–Trinajstić information content (AvgIpc) is 2.88. The molecule has 1 aliphatic heterocycles. The number of likely N-dealkylation sites (tertiary alicyclic amines) is 1. The van der Waals surface area contributed by atoms with E-state index in [2.05, 4.69) is 0 Å². The lowest BCUT2D eigenvalue weighted by Gasteiger charge is -2.14. The molecule has 1 unspecified atom stereocenters. The molecule has 2 rings (SSSR count). The Bertz CT molecular complexity index is 613. The van der Waals surface area contributed by atoms with E-state index < -0.39 is 23.5 Å². The first-order chi connectivity index (χ1) is 9.88. The van der Waals surface area contributed by atoms with Crippen molar-refractivity contribution < 1.29 is 23.5 Å². The van der Waals surface area contributed by atoms with Gasteiger partial charge in [-0.3, -0.25) is 9.59 Å². The van der Waals surface area contributed by atoms with E-state index in [1.807, 2.05) is 0 Å². The van der Waals surface area contributed by atoms with Crippen LogP contribution in [0.2, 0.25) is 0 Å². The zero-order chi connectivity index (χ0) is 15.6. The van der Waals surface area contributed by atoms with Crippen LogP contribution in [0.25, 0.3) is 5.57 Å². The molecule has 0 aliphatic carbocycles. The van der Waals surface area contributed by atoms with Crippen molar-refractivity contribution in [3.63, 3.8) is 0 Å². The lowest BCUT2D eigenvalue weighted by molar-refractivity contribution is -0.141. The summed E-state index contributed by atoms with van der Waals surface area (Å²) in [5, 5.41) is 8.90. The molecule has 1 N–H and O–H groups in total. The van der Waals surface area contributed by atoms with Crippen molar-refractivity contribution in [2.24, 2.45) is 5.92 Å². The number of hydrogen-bond acceptors (Lipinski definition) is 2. The number of halogens is 2. The number of allylic oxidation sites excluding steroid dienone is 1. The first-order valence-corrected chi connectivity index (χ1v) is 6.54. The molecule has 1 aromatic carbocycles. The zero-order valence-corrected chi connectivity index (χ0v) is 11.5. The van der Waals surface area contributed by atoms with Crippen LogP contribution >= 0.6 is 0 Å². The Hall–Kier alpha value is -2.24. The number of aliphatic carboxylic acids is 1. The molecule has 1 heterocycles. The second-order valence-corrected chi connectivity index (χ2v) is 5.06. The summed E-state index contributed by atoms with van der Waals surface area (Å²) in [6, 6.07) is 3.15. The molecular weight excluding hydrogens is 280 g/mol. The number of amides is 1. The Labute approximate surface area is 120 Å². The van der Waals surface area contributed by atoms with Crippen LogP contribution < -0.4 is 0 Å². The summed E-state index contributed by atoms with van der Waals surface area (Å²) in [5.74, 6) is -3.25. The van der Waals surface area contributed by atoms with E-state index in [-0.39, 0.29) is 18.0 Å². The van der Waals surface area contributed by atoms with Gasteiger partial charge in [0.25, 0.3) is 0 Å². The highest BCUT2D eigenvalue weighted by atomic mass is 19.1. The van der Waals surface area contributed by atoms with Crippen molar-refractivity contribution in [1.82, 2.24) is 4.90 Å². The summed E-state index contributed by atoms with van der Waals surface area (Å²) in [4.78, 5) is 24.3. The van der Waals surface area contributed by atoms with E-state index in [4.69, 9.17) is 5.11 Å². The van der Waals surface area contributed by atoms with Crippen LogP contribution in [0, 0.1) is 17.6 Å². The molecule has 4 nitrogen and oxygen atoms in total.